The predicted octanol–water partition coefficient (Wildman–Crippen LogP) is 4.46. The molecule has 0 aromatic rings. The Morgan fingerprint density at radius 1 is 1.18 bits per heavy atom. The number of carbonyl (C=O) groups excluding carboxylic acids is 2. The molecule has 8 atom stereocenters. The van der Waals surface area contributed by atoms with Crippen molar-refractivity contribution in [3.05, 3.63) is 0 Å². The Kier molecular flexibility index (Phi) is 6.96. The maximum atomic E-state index is 13.1. The molecule has 0 aromatic carbocycles. The average Bonchev–Trinajstić information content (AvgIpc) is 3.04. The van der Waals surface area contributed by atoms with E-state index in [4.69, 9.17) is 28.4 Å². The lowest BCUT2D eigenvalue weighted by Crippen LogP contribution is -2.67. The zero-order valence-electron chi connectivity index (χ0n) is 21.7. The van der Waals surface area contributed by atoms with Crippen molar-refractivity contribution in [1.29, 1.82) is 0 Å². The number of hydrogen-bond acceptors (Lipinski definition) is 8. The highest BCUT2D eigenvalue weighted by Gasteiger charge is 2.62. The van der Waals surface area contributed by atoms with E-state index >= 15 is 0 Å². The van der Waals surface area contributed by atoms with Gasteiger partial charge in [-0.2, -0.15) is 4.90 Å². The van der Waals surface area contributed by atoms with Gasteiger partial charge in [-0.1, -0.05) is 27.2 Å². The highest BCUT2D eigenvalue weighted by atomic mass is 16.8. The summed E-state index contributed by atoms with van der Waals surface area (Å²) in [7, 11) is 0. The van der Waals surface area contributed by atoms with Crippen LogP contribution < -0.4 is 0 Å². The van der Waals surface area contributed by atoms with Crippen molar-refractivity contribution in [1.82, 2.24) is 4.90 Å². The summed E-state index contributed by atoms with van der Waals surface area (Å²) in [4.78, 5) is 27.1. The van der Waals surface area contributed by atoms with Crippen LogP contribution in [0.5, 0.6) is 0 Å². The average molecular weight is 484 g/mol. The lowest BCUT2D eigenvalue weighted by molar-refractivity contribution is -0.371. The first-order valence-corrected chi connectivity index (χ1v) is 12.6. The SMILES string of the molecule is CC(C)[C@@H]1CC[C@@H](C)C[C@H]1O[C@H]1O[C@@H]2COC(C)(C)O[C@H]2[C@@H]2OC(=O)N(C(=O)OC(C)(C)C)[C@H]12. The topological polar surface area (TPSA) is 92.8 Å². The van der Waals surface area contributed by atoms with Gasteiger partial charge in [-0.25, -0.2) is 9.59 Å². The summed E-state index contributed by atoms with van der Waals surface area (Å²) in [5.74, 6) is 0.463. The van der Waals surface area contributed by atoms with Gasteiger partial charge in [0.25, 0.3) is 0 Å². The van der Waals surface area contributed by atoms with Crippen LogP contribution in [0.15, 0.2) is 0 Å². The Balaban J connectivity index is 1.64. The molecule has 0 aromatic heterocycles. The fourth-order valence-corrected chi connectivity index (χ4v) is 5.58. The minimum absolute atomic E-state index is 0.0518. The molecule has 1 saturated carbocycles. The molecule has 0 radical (unpaired) electrons. The van der Waals surface area contributed by atoms with Gasteiger partial charge in [0.05, 0.1) is 12.7 Å². The largest absolute Gasteiger partial charge is 0.443 e. The Hall–Kier alpha value is -1.42. The molecule has 4 fully saturated rings. The van der Waals surface area contributed by atoms with E-state index in [1.54, 1.807) is 34.6 Å². The monoisotopic (exact) mass is 483 g/mol. The van der Waals surface area contributed by atoms with Gasteiger partial charge in [-0.3, -0.25) is 0 Å². The summed E-state index contributed by atoms with van der Waals surface area (Å²) in [5, 5.41) is 0. The molecule has 3 aliphatic heterocycles. The van der Waals surface area contributed by atoms with E-state index in [2.05, 4.69) is 20.8 Å². The highest BCUT2D eigenvalue weighted by Crippen LogP contribution is 2.43. The van der Waals surface area contributed by atoms with Crippen LogP contribution in [0.1, 0.15) is 74.7 Å². The Bertz CT molecular complexity index is 777. The van der Waals surface area contributed by atoms with Crippen LogP contribution in [0, 0.1) is 17.8 Å². The van der Waals surface area contributed by atoms with Gasteiger partial charge in [0.1, 0.15) is 23.9 Å². The Morgan fingerprint density at radius 2 is 1.88 bits per heavy atom. The van der Waals surface area contributed by atoms with Gasteiger partial charge in [0.15, 0.2) is 18.2 Å². The summed E-state index contributed by atoms with van der Waals surface area (Å²) in [6.45, 7) is 15.8. The van der Waals surface area contributed by atoms with Gasteiger partial charge < -0.3 is 28.4 Å². The first-order valence-electron chi connectivity index (χ1n) is 12.6. The van der Waals surface area contributed by atoms with Crippen molar-refractivity contribution in [3.8, 4) is 0 Å². The standard InChI is InChI=1S/C25H41NO8/c1-13(2)15-10-9-14(3)11-16(15)30-21-18-20(19-17(31-21)12-29-25(7,8)33-19)32-22(27)26(18)23(28)34-24(4,5)6/h13-21H,9-12H2,1-8H3/t14-,15+,16-,17-,18+,19-,20-,21+/m1/s1. The quantitative estimate of drug-likeness (QED) is 0.581. The van der Waals surface area contributed by atoms with Gasteiger partial charge in [-0.15, -0.1) is 0 Å². The molecule has 0 N–H and O–H groups in total. The lowest BCUT2D eigenvalue weighted by Gasteiger charge is -2.50. The summed E-state index contributed by atoms with van der Waals surface area (Å²) >= 11 is 0. The molecule has 2 amide bonds. The second-order valence-electron chi connectivity index (χ2n) is 12.0. The van der Waals surface area contributed by atoms with Crippen LogP contribution in [-0.2, 0) is 28.4 Å². The van der Waals surface area contributed by atoms with Crippen LogP contribution in [0.3, 0.4) is 0 Å². The van der Waals surface area contributed by atoms with Crippen molar-refractivity contribution < 1.29 is 38.0 Å². The zero-order valence-corrected chi connectivity index (χ0v) is 21.7. The van der Waals surface area contributed by atoms with Crippen LogP contribution in [0.2, 0.25) is 0 Å². The van der Waals surface area contributed by atoms with Crippen molar-refractivity contribution in [3.63, 3.8) is 0 Å². The van der Waals surface area contributed by atoms with Crippen molar-refractivity contribution >= 4 is 12.2 Å². The number of hydrogen-bond donors (Lipinski definition) is 0. The molecule has 194 valence electrons. The van der Waals surface area contributed by atoms with Crippen LogP contribution in [0.4, 0.5) is 9.59 Å². The molecule has 0 bridgehead atoms. The van der Waals surface area contributed by atoms with Gasteiger partial charge in [0, 0.05) is 0 Å². The zero-order chi connectivity index (χ0) is 25.0. The maximum absolute atomic E-state index is 13.1. The third-order valence-electron chi connectivity index (χ3n) is 7.22. The normalized spacial score (nSPS) is 39.9. The van der Waals surface area contributed by atoms with E-state index in [0.717, 1.165) is 24.2 Å². The maximum Gasteiger partial charge on any atom is 0.420 e. The summed E-state index contributed by atoms with van der Waals surface area (Å²) in [6.07, 6.45) is -1.15. The number of rotatable bonds is 3. The molecular weight excluding hydrogens is 442 g/mol. The summed E-state index contributed by atoms with van der Waals surface area (Å²) in [5.41, 5.74) is -0.775. The fourth-order valence-electron chi connectivity index (χ4n) is 5.58. The Morgan fingerprint density at radius 3 is 2.53 bits per heavy atom. The number of imide groups is 1. The van der Waals surface area contributed by atoms with Gasteiger partial charge in [0.2, 0.25) is 0 Å². The Labute approximate surface area is 202 Å². The highest BCUT2D eigenvalue weighted by molar-refractivity contribution is 5.90. The molecule has 1 aliphatic carbocycles. The van der Waals surface area contributed by atoms with Crippen molar-refractivity contribution in [2.75, 3.05) is 6.61 Å². The van der Waals surface area contributed by atoms with E-state index < -0.39 is 54.2 Å². The van der Waals surface area contributed by atoms with Crippen LogP contribution >= 0.6 is 0 Å². The number of nitrogens with zero attached hydrogens (tertiary/aromatic N) is 1. The summed E-state index contributed by atoms with van der Waals surface area (Å²) in [6, 6.07) is -0.817. The third kappa shape index (κ3) is 5.22. The third-order valence-corrected chi connectivity index (χ3v) is 7.22. The molecule has 9 nitrogen and oxygen atoms in total. The van der Waals surface area contributed by atoms with E-state index in [9.17, 15) is 9.59 Å². The second-order valence-corrected chi connectivity index (χ2v) is 12.0. The fraction of sp³-hybridized carbons (Fsp3) is 0.920. The molecule has 0 unspecified atom stereocenters. The number of ether oxygens (including phenoxy) is 6. The predicted molar refractivity (Wildman–Crippen MR) is 122 cm³/mol. The van der Waals surface area contributed by atoms with Gasteiger partial charge >= 0.3 is 12.2 Å². The van der Waals surface area contributed by atoms with E-state index in [0.29, 0.717) is 17.8 Å². The van der Waals surface area contributed by atoms with Crippen molar-refractivity contribution in [2.45, 2.75) is 123 Å². The van der Waals surface area contributed by atoms with Crippen molar-refractivity contribution in [2.24, 2.45) is 17.8 Å². The number of amides is 2. The van der Waals surface area contributed by atoms with Gasteiger partial charge in [-0.05, 0) is 65.2 Å². The molecular formula is C25H41NO8. The molecule has 3 heterocycles. The molecule has 4 rings (SSSR count). The van der Waals surface area contributed by atoms with Crippen LogP contribution in [-0.4, -0.2) is 71.8 Å². The molecule has 4 aliphatic rings. The van der Waals surface area contributed by atoms with Crippen LogP contribution in [0.25, 0.3) is 0 Å². The first kappa shape index (κ1) is 25.7. The molecule has 9 heteroatoms. The smallest absolute Gasteiger partial charge is 0.420 e. The van der Waals surface area contributed by atoms with E-state index in [1.807, 2.05) is 0 Å². The van der Waals surface area contributed by atoms with E-state index in [1.165, 1.54) is 0 Å². The number of fused-ring (bicyclic) bond motifs is 3. The van der Waals surface area contributed by atoms with E-state index in [-0.39, 0.29) is 12.7 Å². The minimum atomic E-state index is -0.866. The molecule has 3 saturated heterocycles. The lowest BCUT2D eigenvalue weighted by atomic mass is 9.75. The number of carbonyl (C=O) groups is 2. The molecule has 34 heavy (non-hydrogen) atoms. The minimum Gasteiger partial charge on any atom is -0.443 e. The summed E-state index contributed by atoms with van der Waals surface area (Å²) < 4.78 is 36.2. The second kappa shape index (κ2) is 9.22. The molecule has 0 spiro atoms. The first-order chi connectivity index (χ1) is 15.8.